The van der Waals surface area contributed by atoms with Crippen molar-refractivity contribution in [1.82, 2.24) is 9.97 Å². The summed E-state index contributed by atoms with van der Waals surface area (Å²) in [5.41, 5.74) is 4.89. The molecular formula is C18H17N3O2S. The molecule has 2 aromatic heterocycles. The molecule has 2 heterocycles. The Bertz CT molecular complexity index is 1040. The van der Waals surface area contributed by atoms with Gasteiger partial charge in [0.05, 0.1) is 16.8 Å². The average Bonchev–Trinajstić information content (AvgIpc) is 3.15. The quantitative estimate of drug-likeness (QED) is 0.554. The third-order valence-corrected chi connectivity index (χ3v) is 4.90. The summed E-state index contributed by atoms with van der Waals surface area (Å²) in [5.74, 6) is 0.855. The highest BCUT2D eigenvalue weighted by atomic mass is 32.1. The minimum atomic E-state index is 0.461. The first kappa shape index (κ1) is 15.0. The molecule has 5 nitrogen and oxygen atoms in total. The lowest BCUT2D eigenvalue weighted by Crippen LogP contribution is -1.90. The molecule has 24 heavy (non-hydrogen) atoms. The van der Waals surface area contributed by atoms with E-state index in [0.29, 0.717) is 12.6 Å². The molecular weight excluding hydrogens is 322 g/mol. The van der Waals surface area contributed by atoms with Crippen LogP contribution in [-0.2, 0) is 0 Å². The van der Waals surface area contributed by atoms with E-state index in [9.17, 15) is 0 Å². The average molecular weight is 339 g/mol. The molecule has 0 unspecified atom stereocenters. The van der Waals surface area contributed by atoms with Crippen LogP contribution in [-0.4, -0.2) is 16.6 Å². The first-order chi connectivity index (χ1) is 11.6. The van der Waals surface area contributed by atoms with Crippen molar-refractivity contribution in [2.75, 3.05) is 11.9 Å². The Morgan fingerprint density at radius 3 is 2.79 bits per heavy atom. The highest BCUT2D eigenvalue weighted by molar-refractivity contribution is 7.22. The summed E-state index contributed by atoms with van der Waals surface area (Å²) in [6.45, 7) is 6.73. The summed E-state index contributed by atoms with van der Waals surface area (Å²) < 4.78 is 12.5. The van der Waals surface area contributed by atoms with Gasteiger partial charge in [-0.15, -0.1) is 0 Å². The van der Waals surface area contributed by atoms with Crippen LogP contribution in [0.2, 0.25) is 0 Å². The third-order valence-electron chi connectivity index (χ3n) is 3.96. The zero-order valence-corrected chi connectivity index (χ0v) is 14.5. The molecule has 0 spiro atoms. The van der Waals surface area contributed by atoms with Crippen LogP contribution in [0.5, 0.6) is 5.75 Å². The number of nitrogens with zero attached hydrogens (tertiary/aromatic N) is 2. The van der Waals surface area contributed by atoms with E-state index in [1.165, 1.54) is 5.56 Å². The second-order valence-electron chi connectivity index (χ2n) is 5.58. The van der Waals surface area contributed by atoms with E-state index in [2.05, 4.69) is 28.3 Å². The van der Waals surface area contributed by atoms with E-state index in [-0.39, 0.29) is 0 Å². The minimum absolute atomic E-state index is 0.461. The monoisotopic (exact) mass is 339 g/mol. The predicted molar refractivity (Wildman–Crippen MR) is 97.6 cm³/mol. The van der Waals surface area contributed by atoms with E-state index in [0.717, 1.165) is 37.8 Å². The van der Waals surface area contributed by atoms with Gasteiger partial charge < -0.3 is 9.15 Å². The lowest BCUT2D eigenvalue weighted by atomic mass is 10.1. The standard InChI is InChI=1S/C18H17N3O2S/c1-4-22-12-6-8-13-15(9-12)24-18(20-13)21-17-19-14-7-5-10(2)11(3)16(14)23-17/h5-9H,4H2,1-3H3,(H,19,20,21). The van der Waals surface area contributed by atoms with Crippen molar-refractivity contribution in [3.05, 3.63) is 41.5 Å². The number of hydrogen-bond acceptors (Lipinski definition) is 6. The van der Waals surface area contributed by atoms with Gasteiger partial charge in [-0.05, 0) is 56.2 Å². The van der Waals surface area contributed by atoms with Gasteiger partial charge in [0.1, 0.15) is 11.3 Å². The van der Waals surface area contributed by atoms with E-state index in [4.69, 9.17) is 9.15 Å². The summed E-state index contributed by atoms with van der Waals surface area (Å²) in [7, 11) is 0. The second kappa shape index (κ2) is 5.79. The fourth-order valence-corrected chi connectivity index (χ4v) is 3.47. The fraction of sp³-hybridized carbons (Fsp3) is 0.222. The number of hydrogen-bond donors (Lipinski definition) is 1. The molecule has 6 heteroatoms. The molecule has 0 bridgehead atoms. The number of anilines is 2. The lowest BCUT2D eigenvalue weighted by Gasteiger charge is -2.00. The van der Waals surface area contributed by atoms with Crippen molar-refractivity contribution in [2.45, 2.75) is 20.8 Å². The van der Waals surface area contributed by atoms with Crippen LogP contribution in [0.1, 0.15) is 18.1 Å². The number of thiazole rings is 1. The number of aryl methyl sites for hydroxylation is 2. The third kappa shape index (κ3) is 2.59. The SMILES string of the molecule is CCOc1ccc2nc(Nc3nc4ccc(C)c(C)c4o3)sc2c1. The molecule has 0 saturated heterocycles. The maximum atomic E-state index is 5.86. The van der Waals surface area contributed by atoms with Gasteiger partial charge in [0.15, 0.2) is 10.7 Å². The molecule has 1 N–H and O–H groups in total. The summed E-state index contributed by atoms with van der Waals surface area (Å²) >= 11 is 1.55. The Hall–Kier alpha value is -2.60. The molecule has 2 aromatic carbocycles. The first-order valence-electron chi connectivity index (χ1n) is 7.81. The minimum Gasteiger partial charge on any atom is -0.494 e. The molecule has 0 aliphatic rings. The van der Waals surface area contributed by atoms with Crippen LogP contribution in [0.25, 0.3) is 21.3 Å². The van der Waals surface area contributed by atoms with Crippen LogP contribution in [0, 0.1) is 13.8 Å². The number of fused-ring (bicyclic) bond motifs is 2. The maximum absolute atomic E-state index is 5.86. The smallest absolute Gasteiger partial charge is 0.302 e. The van der Waals surface area contributed by atoms with E-state index in [1.54, 1.807) is 11.3 Å². The number of oxazole rings is 1. The summed E-state index contributed by atoms with van der Waals surface area (Å²) in [5, 5.41) is 3.92. The van der Waals surface area contributed by atoms with Crippen LogP contribution in [0.4, 0.5) is 11.1 Å². The van der Waals surface area contributed by atoms with Gasteiger partial charge >= 0.3 is 6.01 Å². The summed E-state index contributed by atoms with van der Waals surface area (Å²) in [4.78, 5) is 9.06. The van der Waals surface area contributed by atoms with Crippen molar-refractivity contribution in [3.8, 4) is 5.75 Å². The van der Waals surface area contributed by atoms with Crippen LogP contribution < -0.4 is 10.1 Å². The molecule has 4 rings (SSSR count). The van der Waals surface area contributed by atoms with Crippen LogP contribution >= 0.6 is 11.3 Å². The lowest BCUT2D eigenvalue weighted by molar-refractivity contribution is 0.341. The first-order valence-corrected chi connectivity index (χ1v) is 8.63. The molecule has 122 valence electrons. The van der Waals surface area contributed by atoms with E-state index >= 15 is 0 Å². The number of aromatic nitrogens is 2. The number of nitrogens with one attached hydrogen (secondary N) is 1. The molecule has 0 fully saturated rings. The highest BCUT2D eigenvalue weighted by Gasteiger charge is 2.12. The Morgan fingerprint density at radius 2 is 1.96 bits per heavy atom. The molecule has 4 aromatic rings. The summed E-state index contributed by atoms with van der Waals surface area (Å²) in [6.07, 6.45) is 0. The molecule has 0 aliphatic heterocycles. The van der Waals surface area contributed by atoms with Crippen LogP contribution in [0.3, 0.4) is 0 Å². The Labute approximate surface area is 143 Å². The van der Waals surface area contributed by atoms with E-state index in [1.807, 2.05) is 38.1 Å². The molecule has 0 saturated carbocycles. The fourth-order valence-electron chi connectivity index (χ4n) is 2.58. The van der Waals surface area contributed by atoms with Crippen molar-refractivity contribution >= 4 is 43.8 Å². The number of ether oxygens (including phenoxy) is 1. The molecule has 0 radical (unpaired) electrons. The van der Waals surface area contributed by atoms with Gasteiger partial charge in [-0.25, -0.2) is 4.98 Å². The molecule has 0 aliphatic carbocycles. The van der Waals surface area contributed by atoms with Crippen molar-refractivity contribution < 1.29 is 9.15 Å². The topological polar surface area (TPSA) is 60.2 Å². The zero-order chi connectivity index (χ0) is 16.7. The maximum Gasteiger partial charge on any atom is 0.302 e. The molecule has 0 amide bonds. The Balaban J connectivity index is 1.67. The van der Waals surface area contributed by atoms with Gasteiger partial charge in [-0.1, -0.05) is 17.4 Å². The highest BCUT2D eigenvalue weighted by Crippen LogP contribution is 2.32. The summed E-state index contributed by atoms with van der Waals surface area (Å²) in [6, 6.07) is 10.4. The second-order valence-corrected chi connectivity index (χ2v) is 6.61. The Kier molecular flexibility index (Phi) is 3.61. The van der Waals surface area contributed by atoms with Crippen molar-refractivity contribution in [2.24, 2.45) is 0 Å². The predicted octanol–water partition coefficient (Wildman–Crippen LogP) is 5.20. The number of rotatable bonds is 4. The normalized spacial score (nSPS) is 11.3. The largest absolute Gasteiger partial charge is 0.494 e. The van der Waals surface area contributed by atoms with Gasteiger partial charge in [-0.3, -0.25) is 5.32 Å². The van der Waals surface area contributed by atoms with Gasteiger partial charge in [-0.2, -0.15) is 4.98 Å². The van der Waals surface area contributed by atoms with Crippen molar-refractivity contribution in [3.63, 3.8) is 0 Å². The van der Waals surface area contributed by atoms with Crippen molar-refractivity contribution in [1.29, 1.82) is 0 Å². The van der Waals surface area contributed by atoms with Gasteiger partial charge in [0, 0.05) is 0 Å². The molecule has 0 atom stereocenters. The van der Waals surface area contributed by atoms with E-state index < -0.39 is 0 Å². The van der Waals surface area contributed by atoms with Gasteiger partial charge in [0.2, 0.25) is 0 Å². The van der Waals surface area contributed by atoms with Gasteiger partial charge in [0.25, 0.3) is 0 Å². The zero-order valence-electron chi connectivity index (χ0n) is 13.7. The van der Waals surface area contributed by atoms with Crippen LogP contribution in [0.15, 0.2) is 34.7 Å². The number of benzene rings is 2. The Morgan fingerprint density at radius 1 is 1.12 bits per heavy atom.